The summed E-state index contributed by atoms with van der Waals surface area (Å²) in [5.41, 5.74) is -0.468. The van der Waals surface area contributed by atoms with E-state index in [1.807, 2.05) is 39.5 Å². The van der Waals surface area contributed by atoms with Crippen molar-refractivity contribution in [2.24, 2.45) is 0 Å². The molecule has 3 fully saturated rings. The van der Waals surface area contributed by atoms with Gasteiger partial charge in [0, 0.05) is 0 Å². The smallest absolute Gasteiger partial charge is 0.410 e. The number of nitrogens with zero attached hydrogens (tertiary/aromatic N) is 1. The van der Waals surface area contributed by atoms with Gasteiger partial charge in [-0.1, -0.05) is 0 Å². The molecule has 3 aliphatic heterocycles. The molecule has 0 N–H and O–H groups in total. The fourth-order valence-electron chi connectivity index (χ4n) is 3.70. The van der Waals surface area contributed by atoms with E-state index in [0.29, 0.717) is 0 Å². The van der Waals surface area contributed by atoms with E-state index in [0.717, 1.165) is 19.3 Å². The Morgan fingerprint density at radius 1 is 1.15 bits per heavy atom. The largest absolute Gasteiger partial charge is 0.444 e. The Labute approximate surface area is 120 Å². The lowest BCUT2D eigenvalue weighted by molar-refractivity contribution is -0.170. The Morgan fingerprint density at radius 2 is 1.65 bits per heavy atom. The first kappa shape index (κ1) is 14.1. The molecule has 5 nitrogen and oxygen atoms in total. The highest BCUT2D eigenvalue weighted by atomic mass is 16.8. The first-order chi connectivity index (χ1) is 9.18. The van der Waals surface area contributed by atoms with Crippen LogP contribution in [-0.4, -0.2) is 46.7 Å². The number of fused-ring (bicyclic) bond motifs is 5. The second-order valence-corrected chi connectivity index (χ2v) is 7.52. The van der Waals surface area contributed by atoms with Crippen molar-refractivity contribution < 1.29 is 19.0 Å². The van der Waals surface area contributed by atoms with Crippen molar-refractivity contribution in [3.8, 4) is 0 Å². The lowest BCUT2D eigenvalue weighted by Crippen LogP contribution is -2.50. The highest BCUT2D eigenvalue weighted by Gasteiger charge is 2.60. The number of hydrogen-bond acceptors (Lipinski definition) is 4. The normalized spacial score (nSPS) is 38.8. The van der Waals surface area contributed by atoms with Gasteiger partial charge in [0.15, 0.2) is 5.79 Å². The Morgan fingerprint density at radius 3 is 2.10 bits per heavy atom. The van der Waals surface area contributed by atoms with Crippen LogP contribution >= 0.6 is 0 Å². The number of hydrogen-bond donors (Lipinski definition) is 0. The Kier molecular flexibility index (Phi) is 3.07. The zero-order chi connectivity index (χ0) is 14.7. The molecule has 0 aromatic rings. The van der Waals surface area contributed by atoms with Crippen LogP contribution in [0.5, 0.6) is 0 Å². The van der Waals surface area contributed by atoms with Gasteiger partial charge in [0.05, 0.1) is 12.1 Å². The fraction of sp³-hybridized carbons (Fsp3) is 0.933. The van der Waals surface area contributed by atoms with Crippen molar-refractivity contribution in [3.05, 3.63) is 0 Å². The summed E-state index contributed by atoms with van der Waals surface area (Å²) in [5.74, 6) is -0.538. The van der Waals surface area contributed by atoms with Crippen molar-refractivity contribution in [2.45, 2.75) is 89.6 Å². The van der Waals surface area contributed by atoms with Gasteiger partial charge in [-0.3, -0.25) is 4.90 Å². The molecule has 3 rings (SSSR count). The maximum absolute atomic E-state index is 12.5. The van der Waals surface area contributed by atoms with Crippen LogP contribution in [-0.2, 0) is 14.2 Å². The minimum absolute atomic E-state index is 0.00924. The summed E-state index contributed by atoms with van der Waals surface area (Å²) in [7, 11) is 0. The lowest BCUT2D eigenvalue weighted by Gasteiger charge is -2.38. The second kappa shape index (κ2) is 4.34. The average Bonchev–Trinajstić information content (AvgIpc) is 2.68. The molecule has 114 valence electrons. The van der Waals surface area contributed by atoms with Crippen molar-refractivity contribution in [1.29, 1.82) is 0 Å². The number of piperidine rings is 1. The number of rotatable bonds is 0. The summed E-state index contributed by atoms with van der Waals surface area (Å²) in [4.78, 5) is 14.3. The van der Waals surface area contributed by atoms with Crippen LogP contribution < -0.4 is 0 Å². The van der Waals surface area contributed by atoms with Crippen molar-refractivity contribution in [3.63, 3.8) is 0 Å². The van der Waals surface area contributed by atoms with E-state index in [1.54, 1.807) is 0 Å². The summed E-state index contributed by atoms with van der Waals surface area (Å²) < 4.78 is 17.6. The third-order valence-electron chi connectivity index (χ3n) is 4.24. The molecule has 0 aliphatic carbocycles. The summed E-state index contributed by atoms with van der Waals surface area (Å²) in [6.07, 6.45) is 2.81. The first-order valence-corrected chi connectivity index (χ1v) is 7.55. The molecule has 0 aromatic heterocycles. The van der Waals surface area contributed by atoms with Crippen LogP contribution in [0.4, 0.5) is 4.79 Å². The van der Waals surface area contributed by atoms with Crippen LogP contribution in [0.2, 0.25) is 0 Å². The summed E-state index contributed by atoms with van der Waals surface area (Å²) in [6, 6.07) is 0.186. The van der Waals surface area contributed by atoms with Crippen LogP contribution in [0, 0.1) is 0 Å². The number of amides is 1. The third kappa shape index (κ3) is 2.31. The van der Waals surface area contributed by atoms with Crippen LogP contribution in [0.1, 0.15) is 53.9 Å². The molecule has 3 aliphatic rings. The SMILES string of the molecule is CC(C)(C)OC(=O)N1[C@@H]2CCC[C@H]1[C@@H]1OC(C)(C)O[C@@H]12. The van der Waals surface area contributed by atoms with Crippen LogP contribution in [0.25, 0.3) is 0 Å². The van der Waals surface area contributed by atoms with Gasteiger partial charge in [0.1, 0.15) is 17.8 Å². The topological polar surface area (TPSA) is 48.0 Å². The predicted octanol–water partition coefficient (Wildman–Crippen LogP) is 2.68. The molecule has 4 atom stereocenters. The standard InChI is InChI=1S/C15H25NO4/c1-14(2,3)20-13(17)16-9-7-6-8-10(16)12-11(9)18-15(4,5)19-12/h9-12H,6-8H2,1-5H3/t9-,10+,11-,12+. The molecular formula is C15H25NO4. The summed E-state index contributed by atoms with van der Waals surface area (Å²) >= 11 is 0. The summed E-state index contributed by atoms with van der Waals surface area (Å²) in [5, 5.41) is 0. The second-order valence-electron chi connectivity index (χ2n) is 7.52. The molecule has 0 radical (unpaired) electrons. The first-order valence-electron chi connectivity index (χ1n) is 7.55. The van der Waals surface area contributed by atoms with Gasteiger partial charge in [0.25, 0.3) is 0 Å². The van der Waals surface area contributed by atoms with E-state index < -0.39 is 11.4 Å². The minimum Gasteiger partial charge on any atom is -0.444 e. The van der Waals surface area contributed by atoms with Crippen LogP contribution in [0.15, 0.2) is 0 Å². The van der Waals surface area contributed by atoms with E-state index in [1.165, 1.54) is 0 Å². The molecule has 0 saturated carbocycles. The Balaban J connectivity index is 1.80. The van der Waals surface area contributed by atoms with Gasteiger partial charge in [-0.2, -0.15) is 0 Å². The Bertz CT molecular complexity index is 393. The molecule has 20 heavy (non-hydrogen) atoms. The lowest BCUT2D eigenvalue weighted by atomic mass is 10.0. The third-order valence-corrected chi connectivity index (χ3v) is 4.24. The molecular weight excluding hydrogens is 258 g/mol. The molecule has 0 aromatic carbocycles. The van der Waals surface area contributed by atoms with Gasteiger partial charge in [-0.15, -0.1) is 0 Å². The highest BCUT2D eigenvalue weighted by molar-refractivity contribution is 5.70. The molecule has 3 saturated heterocycles. The zero-order valence-corrected chi connectivity index (χ0v) is 13.0. The van der Waals surface area contributed by atoms with Crippen LogP contribution in [0.3, 0.4) is 0 Å². The molecule has 0 spiro atoms. The Hall–Kier alpha value is -0.810. The number of carbonyl (C=O) groups excluding carboxylic acids is 1. The van der Waals surface area contributed by atoms with Gasteiger partial charge in [-0.05, 0) is 53.9 Å². The zero-order valence-electron chi connectivity index (χ0n) is 13.0. The molecule has 0 unspecified atom stereocenters. The molecule has 5 heteroatoms. The van der Waals surface area contributed by atoms with E-state index in [2.05, 4.69) is 0 Å². The van der Waals surface area contributed by atoms with E-state index in [9.17, 15) is 4.79 Å². The van der Waals surface area contributed by atoms with E-state index in [4.69, 9.17) is 14.2 Å². The predicted molar refractivity (Wildman–Crippen MR) is 73.3 cm³/mol. The highest BCUT2D eigenvalue weighted by Crippen LogP contribution is 2.46. The van der Waals surface area contributed by atoms with Crippen molar-refractivity contribution in [1.82, 2.24) is 4.90 Å². The van der Waals surface area contributed by atoms with Gasteiger partial charge in [0.2, 0.25) is 0 Å². The maximum atomic E-state index is 12.5. The van der Waals surface area contributed by atoms with Crippen molar-refractivity contribution in [2.75, 3.05) is 0 Å². The minimum atomic E-state index is -0.538. The van der Waals surface area contributed by atoms with Gasteiger partial charge < -0.3 is 14.2 Å². The monoisotopic (exact) mass is 283 g/mol. The summed E-state index contributed by atoms with van der Waals surface area (Å²) in [6.45, 7) is 9.58. The molecule has 2 bridgehead atoms. The quantitative estimate of drug-likeness (QED) is 0.686. The fourth-order valence-corrected chi connectivity index (χ4v) is 3.70. The molecule has 1 amide bonds. The van der Waals surface area contributed by atoms with Gasteiger partial charge >= 0.3 is 6.09 Å². The maximum Gasteiger partial charge on any atom is 0.410 e. The number of ether oxygens (including phenoxy) is 3. The van der Waals surface area contributed by atoms with Gasteiger partial charge in [-0.25, -0.2) is 4.79 Å². The van der Waals surface area contributed by atoms with E-state index in [-0.39, 0.29) is 30.4 Å². The average molecular weight is 283 g/mol. The molecule has 3 heterocycles. The number of carbonyl (C=O) groups is 1. The van der Waals surface area contributed by atoms with Crippen molar-refractivity contribution >= 4 is 6.09 Å². The van der Waals surface area contributed by atoms with E-state index >= 15 is 0 Å².